The Labute approximate surface area is 123 Å². The van der Waals surface area contributed by atoms with E-state index in [4.69, 9.17) is 4.84 Å². The largest absolute Gasteiger partial charge is 0.492 e. The van der Waals surface area contributed by atoms with Crippen LogP contribution in [0.3, 0.4) is 0 Å². The van der Waals surface area contributed by atoms with Crippen molar-refractivity contribution in [2.45, 2.75) is 17.7 Å². The zero-order chi connectivity index (χ0) is 14.4. The van der Waals surface area contributed by atoms with E-state index in [-0.39, 0.29) is 11.8 Å². The second-order valence-electron chi connectivity index (χ2n) is 3.77. The predicted molar refractivity (Wildman–Crippen MR) is 77.5 cm³/mol. The predicted octanol–water partition coefficient (Wildman–Crippen LogP) is 1.87. The zero-order valence-corrected chi connectivity index (χ0v) is 12.0. The van der Waals surface area contributed by atoms with Gasteiger partial charge in [0.1, 0.15) is 5.03 Å². The molecule has 2 aromatic heterocycles. The number of hydrogen-bond acceptors (Lipinski definition) is 7. The first-order valence-corrected chi connectivity index (χ1v) is 8.14. The third kappa shape index (κ3) is 4.26. The molecule has 6 nitrogen and oxygen atoms in total. The van der Waals surface area contributed by atoms with Gasteiger partial charge in [-0.1, -0.05) is 16.9 Å². The smallest absolute Gasteiger partial charge is 0.229 e. The van der Waals surface area contributed by atoms with Crippen molar-refractivity contribution in [3.05, 3.63) is 36.5 Å². The second kappa shape index (κ2) is 7.32. The Morgan fingerprint density at radius 1 is 1.20 bits per heavy atom. The average Bonchev–Trinajstić information content (AvgIpc) is 2.77. The Bertz CT molecular complexity index is 516. The number of hydrogen-bond donors (Lipinski definition) is 3. The number of aromatic hydroxyl groups is 2. The minimum absolute atomic E-state index is 0.267. The van der Waals surface area contributed by atoms with E-state index in [9.17, 15) is 15.3 Å². The quantitative estimate of drug-likeness (QED) is 0.408. The van der Waals surface area contributed by atoms with Crippen LogP contribution in [0.4, 0.5) is 0 Å². The fourth-order valence-electron chi connectivity index (χ4n) is 1.33. The van der Waals surface area contributed by atoms with Crippen molar-refractivity contribution in [1.29, 1.82) is 0 Å². The van der Waals surface area contributed by atoms with Gasteiger partial charge in [-0.3, -0.25) is 0 Å². The molecule has 108 valence electrons. The summed E-state index contributed by atoms with van der Waals surface area (Å²) in [5, 5.41) is 29.3. The monoisotopic (exact) mass is 314 g/mol. The highest BCUT2D eigenvalue weighted by atomic mass is 33.1. The molecule has 0 saturated heterocycles. The Hall–Kier alpha value is -1.51. The summed E-state index contributed by atoms with van der Waals surface area (Å²) in [6, 6.07) is 8.20. The summed E-state index contributed by atoms with van der Waals surface area (Å²) in [6.45, 7) is 0. The van der Waals surface area contributed by atoms with Crippen LogP contribution in [0, 0.1) is 0 Å². The minimum Gasteiger partial charge on any atom is -0.492 e. The molecule has 0 aromatic carbocycles. The summed E-state index contributed by atoms with van der Waals surface area (Å²) in [5.74, 6) is 0.0969. The first kappa shape index (κ1) is 14.9. The van der Waals surface area contributed by atoms with Crippen LogP contribution in [-0.2, 0) is 0 Å². The number of nitrogens with zero attached hydrogens (tertiary/aromatic N) is 2. The molecular weight excluding hydrogens is 300 g/mol. The van der Waals surface area contributed by atoms with Crippen molar-refractivity contribution in [2.75, 3.05) is 5.75 Å². The van der Waals surface area contributed by atoms with Gasteiger partial charge in [0.05, 0.1) is 0 Å². The highest BCUT2D eigenvalue weighted by molar-refractivity contribution is 8.76. The van der Waals surface area contributed by atoms with Gasteiger partial charge in [0.15, 0.2) is 0 Å². The first-order valence-electron chi connectivity index (χ1n) is 5.82. The van der Waals surface area contributed by atoms with Crippen LogP contribution in [-0.4, -0.2) is 37.1 Å². The van der Waals surface area contributed by atoms with Gasteiger partial charge in [-0.25, -0.2) is 4.98 Å². The highest BCUT2D eigenvalue weighted by Gasteiger charge is 2.12. The van der Waals surface area contributed by atoms with Crippen molar-refractivity contribution in [3.8, 4) is 11.8 Å². The lowest BCUT2D eigenvalue weighted by Crippen LogP contribution is -2.24. The van der Waals surface area contributed by atoms with Gasteiger partial charge in [0.25, 0.3) is 0 Å². The fraction of sp³-hybridized carbons (Fsp3) is 0.250. The second-order valence-corrected chi connectivity index (χ2v) is 6.20. The molecular formula is C12H14N2O4S2. The number of rotatable bonds is 7. The molecule has 0 bridgehead atoms. The van der Waals surface area contributed by atoms with E-state index < -0.39 is 6.29 Å². The van der Waals surface area contributed by atoms with Gasteiger partial charge in [-0.2, -0.15) is 0 Å². The molecule has 0 radical (unpaired) electrons. The molecule has 0 amide bonds. The topological polar surface area (TPSA) is 87.7 Å². The molecule has 2 aromatic rings. The van der Waals surface area contributed by atoms with Crippen LogP contribution >= 0.6 is 21.6 Å². The lowest BCUT2D eigenvalue weighted by Gasteiger charge is -2.14. The molecule has 0 aliphatic rings. The molecule has 2 rings (SSSR count). The van der Waals surface area contributed by atoms with E-state index in [2.05, 4.69) is 4.98 Å². The van der Waals surface area contributed by atoms with Crippen LogP contribution in [0.2, 0.25) is 0 Å². The van der Waals surface area contributed by atoms with Gasteiger partial charge in [-0.05, 0) is 22.9 Å². The normalized spacial score (nSPS) is 12.2. The summed E-state index contributed by atoms with van der Waals surface area (Å²) in [7, 11) is 3.05. The number of pyridine rings is 1. The van der Waals surface area contributed by atoms with Gasteiger partial charge in [0, 0.05) is 30.5 Å². The number of aliphatic hydroxyl groups excluding tert-OH is 1. The van der Waals surface area contributed by atoms with Crippen molar-refractivity contribution in [3.63, 3.8) is 0 Å². The Balaban J connectivity index is 1.69. The van der Waals surface area contributed by atoms with E-state index in [0.717, 1.165) is 9.76 Å². The molecule has 8 heteroatoms. The van der Waals surface area contributed by atoms with Gasteiger partial charge < -0.3 is 20.2 Å². The molecule has 20 heavy (non-hydrogen) atoms. The third-order valence-electron chi connectivity index (χ3n) is 2.25. The first-order chi connectivity index (χ1) is 9.66. The molecule has 3 N–H and O–H groups in total. The van der Waals surface area contributed by atoms with E-state index in [1.54, 1.807) is 6.20 Å². The van der Waals surface area contributed by atoms with E-state index in [1.165, 1.54) is 33.7 Å². The summed E-state index contributed by atoms with van der Waals surface area (Å²) < 4.78 is 0.779. The Morgan fingerprint density at radius 3 is 2.60 bits per heavy atom. The zero-order valence-electron chi connectivity index (χ0n) is 10.4. The van der Waals surface area contributed by atoms with Gasteiger partial charge in [-0.15, -0.1) is 4.73 Å². The molecule has 0 aliphatic heterocycles. The van der Waals surface area contributed by atoms with Crippen molar-refractivity contribution >= 4 is 21.6 Å². The van der Waals surface area contributed by atoms with Crippen LogP contribution in [0.15, 0.2) is 41.6 Å². The highest BCUT2D eigenvalue weighted by Crippen LogP contribution is 2.29. The van der Waals surface area contributed by atoms with Gasteiger partial charge >= 0.3 is 0 Å². The van der Waals surface area contributed by atoms with Crippen LogP contribution < -0.4 is 4.84 Å². The molecule has 1 atom stereocenters. The maximum absolute atomic E-state index is 9.66. The lowest BCUT2D eigenvalue weighted by atomic mass is 10.5. The van der Waals surface area contributed by atoms with Crippen LogP contribution in [0.25, 0.3) is 0 Å². The van der Waals surface area contributed by atoms with Crippen molar-refractivity contribution < 1.29 is 20.2 Å². The van der Waals surface area contributed by atoms with Crippen molar-refractivity contribution in [1.82, 2.24) is 9.71 Å². The molecule has 0 saturated carbocycles. The van der Waals surface area contributed by atoms with E-state index in [0.29, 0.717) is 12.2 Å². The lowest BCUT2D eigenvalue weighted by molar-refractivity contribution is -0.113. The maximum Gasteiger partial charge on any atom is 0.229 e. The minimum atomic E-state index is -1.11. The molecule has 0 spiro atoms. The molecule has 1 unspecified atom stereocenters. The summed E-state index contributed by atoms with van der Waals surface area (Å²) in [5.41, 5.74) is 0. The standard InChI is InChI=1S/C12H14N2O4S2/c15-10-4-5-11(16)14(10)18-12(17)6-8-19-20-9-3-1-2-7-13-9/h1-5,7,12,15-17H,6,8H2. The maximum atomic E-state index is 9.66. The van der Waals surface area contributed by atoms with Gasteiger partial charge in [0.2, 0.25) is 18.1 Å². The summed E-state index contributed by atoms with van der Waals surface area (Å²) in [4.78, 5) is 9.16. The van der Waals surface area contributed by atoms with Crippen LogP contribution in [0.5, 0.6) is 11.8 Å². The number of aromatic nitrogens is 2. The fourth-order valence-corrected chi connectivity index (χ4v) is 3.27. The van der Waals surface area contributed by atoms with E-state index >= 15 is 0 Å². The molecule has 0 aliphatic carbocycles. The third-order valence-corrected chi connectivity index (χ3v) is 4.55. The molecule has 0 fully saturated rings. The summed E-state index contributed by atoms with van der Waals surface area (Å²) in [6.07, 6.45) is 0.955. The molecule has 2 heterocycles. The summed E-state index contributed by atoms with van der Waals surface area (Å²) >= 11 is 0. The van der Waals surface area contributed by atoms with Crippen LogP contribution in [0.1, 0.15) is 6.42 Å². The Morgan fingerprint density at radius 2 is 1.95 bits per heavy atom. The SMILES string of the molecule is Oc1ccc(O)n1OC(O)CCSSc1ccccn1. The van der Waals surface area contributed by atoms with E-state index in [1.807, 2.05) is 18.2 Å². The number of aliphatic hydroxyl groups is 1. The average molecular weight is 314 g/mol. The van der Waals surface area contributed by atoms with Crippen molar-refractivity contribution in [2.24, 2.45) is 0 Å². The Kier molecular flexibility index (Phi) is 5.45.